The summed E-state index contributed by atoms with van der Waals surface area (Å²) < 4.78 is 5.59. The number of hydrogen-bond acceptors (Lipinski definition) is 3. The van der Waals surface area contributed by atoms with Crippen LogP contribution in [0.25, 0.3) is 17.0 Å². The Bertz CT molecular complexity index is 568. The molecule has 4 heteroatoms. The molecule has 4 nitrogen and oxygen atoms in total. The largest absolute Gasteiger partial charge is 0.457 e. The number of aliphatic hydroxyl groups excluding tert-OH is 1. The molecule has 1 aromatic carbocycles. The summed E-state index contributed by atoms with van der Waals surface area (Å²) in [4.78, 5) is 11.8. The third-order valence-corrected chi connectivity index (χ3v) is 3.16. The SMILES string of the molecule is CCC(CCO)NC(=O)/C=C/c1cc2ccccc2o1. The van der Waals surface area contributed by atoms with Crippen LogP contribution in [0.2, 0.25) is 0 Å². The molecule has 2 aromatic rings. The van der Waals surface area contributed by atoms with Crippen LogP contribution in [-0.4, -0.2) is 23.7 Å². The molecule has 1 aromatic heterocycles. The first kappa shape index (κ1) is 14.3. The molecule has 1 unspecified atom stereocenters. The fourth-order valence-corrected chi connectivity index (χ4v) is 2.03. The van der Waals surface area contributed by atoms with Crippen molar-refractivity contribution in [2.45, 2.75) is 25.8 Å². The fourth-order valence-electron chi connectivity index (χ4n) is 2.03. The highest BCUT2D eigenvalue weighted by molar-refractivity contribution is 5.92. The van der Waals surface area contributed by atoms with E-state index < -0.39 is 0 Å². The normalized spacial score (nSPS) is 12.9. The third kappa shape index (κ3) is 3.71. The van der Waals surface area contributed by atoms with Gasteiger partial charge < -0.3 is 14.8 Å². The second-order valence-corrected chi connectivity index (χ2v) is 4.65. The van der Waals surface area contributed by atoms with Gasteiger partial charge in [-0.25, -0.2) is 0 Å². The fraction of sp³-hybridized carbons (Fsp3) is 0.312. The van der Waals surface area contributed by atoms with Gasteiger partial charge in [0.05, 0.1) is 0 Å². The Balaban J connectivity index is 1.99. The Kier molecular flexibility index (Phi) is 4.96. The second-order valence-electron chi connectivity index (χ2n) is 4.65. The van der Waals surface area contributed by atoms with Crippen molar-refractivity contribution in [1.82, 2.24) is 5.32 Å². The molecule has 0 radical (unpaired) electrons. The molecule has 0 saturated heterocycles. The number of hydrogen-bond donors (Lipinski definition) is 2. The van der Waals surface area contributed by atoms with Gasteiger partial charge in [0.25, 0.3) is 0 Å². The standard InChI is InChI=1S/C16H19NO3/c1-2-13(9-10-18)17-16(19)8-7-14-11-12-5-3-4-6-15(12)20-14/h3-8,11,13,18H,2,9-10H2,1H3,(H,17,19)/b8-7+. The molecular formula is C16H19NO3. The number of rotatable bonds is 6. The molecule has 1 amide bonds. The molecule has 1 heterocycles. The predicted octanol–water partition coefficient (Wildman–Crippen LogP) is 2.72. The van der Waals surface area contributed by atoms with E-state index >= 15 is 0 Å². The number of nitrogens with one attached hydrogen (secondary N) is 1. The molecule has 0 bridgehead atoms. The molecule has 0 spiro atoms. The zero-order chi connectivity index (χ0) is 14.4. The highest BCUT2D eigenvalue weighted by Gasteiger charge is 2.07. The molecule has 20 heavy (non-hydrogen) atoms. The summed E-state index contributed by atoms with van der Waals surface area (Å²) in [6, 6.07) is 9.61. The maximum atomic E-state index is 11.8. The van der Waals surface area contributed by atoms with Gasteiger partial charge in [0.2, 0.25) is 5.91 Å². The maximum Gasteiger partial charge on any atom is 0.244 e. The van der Waals surface area contributed by atoms with Gasteiger partial charge in [0.1, 0.15) is 11.3 Å². The first-order valence-electron chi connectivity index (χ1n) is 6.81. The predicted molar refractivity (Wildman–Crippen MR) is 79.2 cm³/mol. The molecule has 1 atom stereocenters. The lowest BCUT2D eigenvalue weighted by molar-refractivity contribution is -0.117. The topological polar surface area (TPSA) is 62.5 Å². The zero-order valence-electron chi connectivity index (χ0n) is 11.5. The minimum absolute atomic E-state index is 0.00724. The highest BCUT2D eigenvalue weighted by atomic mass is 16.3. The Hall–Kier alpha value is -2.07. The van der Waals surface area contributed by atoms with Crippen LogP contribution in [-0.2, 0) is 4.79 Å². The Labute approximate surface area is 118 Å². The lowest BCUT2D eigenvalue weighted by Crippen LogP contribution is -2.33. The highest BCUT2D eigenvalue weighted by Crippen LogP contribution is 2.19. The number of aliphatic hydroxyl groups is 1. The van der Waals surface area contributed by atoms with Gasteiger partial charge >= 0.3 is 0 Å². The van der Waals surface area contributed by atoms with Crippen LogP contribution < -0.4 is 5.32 Å². The van der Waals surface area contributed by atoms with Crippen molar-refractivity contribution in [3.8, 4) is 0 Å². The summed E-state index contributed by atoms with van der Waals surface area (Å²) >= 11 is 0. The van der Waals surface area contributed by atoms with Crippen molar-refractivity contribution in [2.75, 3.05) is 6.61 Å². The molecule has 0 aliphatic carbocycles. The number of furan rings is 1. The summed E-state index contributed by atoms with van der Waals surface area (Å²) in [6.45, 7) is 2.05. The number of benzene rings is 1. The van der Waals surface area contributed by atoms with Gasteiger partial charge in [0, 0.05) is 24.1 Å². The number of carbonyl (C=O) groups is 1. The van der Waals surface area contributed by atoms with E-state index in [0.29, 0.717) is 12.2 Å². The van der Waals surface area contributed by atoms with Crippen LogP contribution in [0.4, 0.5) is 0 Å². The molecule has 2 rings (SSSR count). The minimum atomic E-state index is -0.175. The maximum absolute atomic E-state index is 11.8. The molecule has 0 saturated carbocycles. The zero-order valence-corrected chi connectivity index (χ0v) is 11.5. The van der Waals surface area contributed by atoms with E-state index in [2.05, 4.69) is 5.32 Å². The molecule has 0 fully saturated rings. The van der Waals surface area contributed by atoms with E-state index in [1.165, 1.54) is 6.08 Å². The van der Waals surface area contributed by atoms with Gasteiger partial charge in [-0.1, -0.05) is 25.1 Å². The quantitative estimate of drug-likeness (QED) is 0.795. The van der Waals surface area contributed by atoms with Crippen LogP contribution >= 0.6 is 0 Å². The van der Waals surface area contributed by atoms with E-state index in [-0.39, 0.29) is 18.6 Å². The van der Waals surface area contributed by atoms with E-state index in [4.69, 9.17) is 9.52 Å². The monoisotopic (exact) mass is 273 g/mol. The Morgan fingerprint density at radius 1 is 1.45 bits per heavy atom. The minimum Gasteiger partial charge on any atom is -0.457 e. The third-order valence-electron chi connectivity index (χ3n) is 3.16. The van der Waals surface area contributed by atoms with Gasteiger partial charge in [-0.15, -0.1) is 0 Å². The first-order valence-corrected chi connectivity index (χ1v) is 6.81. The van der Waals surface area contributed by atoms with Gasteiger partial charge in [-0.2, -0.15) is 0 Å². The summed E-state index contributed by atoms with van der Waals surface area (Å²) in [5.74, 6) is 0.474. The first-order chi connectivity index (χ1) is 9.72. The summed E-state index contributed by atoms with van der Waals surface area (Å²) in [5.41, 5.74) is 0.805. The smallest absolute Gasteiger partial charge is 0.244 e. The number of amides is 1. The Morgan fingerprint density at radius 3 is 2.95 bits per heavy atom. The Morgan fingerprint density at radius 2 is 2.25 bits per heavy atom. The molecule has 0 aliphatic rings. The molecular weight excluding hydrogens is 254 g/mol. The van der Waals surface area contributed by atoms with Crippen LogP contribution in [0, 0.1) is 0 Å². The van der Waals surface area contributed by atoms with Crippen LogP contribution in [0.15, 0.2) is 40.8 Å². The van der Waals surface area contributed by atoms with Crippen molar-refractivity contribution in [3.63, 3.8) is 0 Å². The van der Waals surface area contributed by atoms with Crippen molar-refractivity contribution in [2.24, 2.45) is 0 Å². The van der Waals surface area contributed by atoms with Crippen molar-refractivity contribution in [3.05, 3.63) is 42.2 Å². The van der Waals surface area contributed by atoms with E-state index in [0.717, 1.165) is 17.4 Å². The summed E-state index contributed by atoms with van der Waals surface area (Å²) in [6.07, 6.45) is 4.48. The molecule has 0 aliphatic heterocycles. The lowest BCUT2D eigenvalue weighted by atomic mass is 10.1. The van der Waals surface area contributed by atoms with Gasteiger partial charge in [-0.05, 0) is 31.1 Å². The molecule has 106 valence electrons. The average Bonchev–Trinajstić information content (AvgIpc) is 2.87. The lowest BCUT2D eigenvalue weighted by Gasteiger charge is -2.13. The molecule has 2 N–H and O–H groups in total. The van der Waals surface area contributed by atoms with Crippen LogP contribution in [0.5, 0.6) is 0 Å². The number of para-hydroxylation sites is 1. The van der Waals surface area contributed by atoms with Crippen LogP contribution in [0.3, 0.4) is 0 Å². The van der Waals surface area contributed by atoms with Gasteiger partial charge in [-0.3, -0.25) is 4.79 Å². The summed E-state index contributed by atoms with van der Waals surface area (Å²) in [5, 5.41) is 12.7. The number of carbonyl (C=O) groups excluding carboxylic acids is 1. The van der Waals surface area contributed by atoms with Crippen molar-refractivity contribution in [1.29, 1.82) is 0 Å². The van der Waals surface area contributed by atoms with Crippen molar-refractivity contribution >= 4 is 23.0 Å². The van der Waals surface area contributed by atoms with E-state index in [1.54, 1.807) is 6.08 Å². The summed E-state index contributed by atoms with van der Waals surface area (Å²) in [7, 11) is 0. The average molecular weight is 273 g/mol. The van der Waals surface area contributed by atoms with Gasteiger partial charge in [0.15, 0.2) is 0 Å². The van der Waals surface area contributed by atoms with E-state index in [9.17, 15) is 4.79 Å². The van der Waals surface area contributed by atoms with Crippen molar-refractivity contribution < 1.29 is 14.3 Å². The second kappa shape index (κ2) is 6.91. The van der Waals surface area contributed by atoms with E-state index in [1.807, 2.05) is 37.3 Å². The van der Waals surface area contributed by atoms with Crippen LogP contribution in [0.1, 0.15) is 25.5 Å². The number of fused-ring (bicyclic) bond motifs is 1.